The lowest BCUT2D eigenvalue weighted by atomic mass is 9.95. The van der Waals surface area contributed by atoms with Crippen molar-refractivity contribution in [3.8, 4) is 0 Å². The number of amides is 1. The second kappa shape index (κ2) is 30.7. The van der Waals surface area contributed by atoms with E-state index in [2.05, 4.69) is 15.3 Å². The highest BCUT2D eigenvalue weighted by molar-refractivity contribution is 5.90. The van der Waals surface area contributed by atoms with Crippen LogP contribution in [0.1, 0.15) is 68.5 Å². The second-order valence-corrected chi connectivity index (χ2v) is 20.3. The van der Waals surface area contributed by atoms with E-state index in [9.17, 15) is 24.7 Å². The maximum Gasteiger partial charge on any atom is 0.407 e. The van der Waals surface area contributed by atoms with Crippen molar-refractivity contribution < 1.29 is 80.8 Å². The summed E-state index contributed by atoms with van der Waals surface area (Å²) in [5.74, 6) is -2.32. The smallest absolute Gasteiger partial charge is 0.407 e. The molecule has 3 saturated heterocycles. The summed E-state index contributed by atoms with van der Waals surface area (Å²) < 4.78 is 84.8. The van der Waals surface area contributed by atoms with Gasteiger partial charge in [0, 0.05) is 18.6 Å². The van der Waals surface area contributed by atoms with E-state index in [-0.39, 0.29) is 49.7 Å². The molecule has 6 aromatic carbocycles. The lowest BCUT2D eigenvalue weighted by Gasteiger charge is -2.50. The van der Waals surface area contributed by atoms with Crippen molar-refractivity contribution >= 4 is 24.0 Å². The van der Waals surface area contributed by atoms with Crippen molar-refractivity contribution in [3.63, 3.8) is 0 Å². The van der Waals surface area contributed by atoms with E-state index in [4.69, 9.17) is 61.6 Å². The molecule has 3 fully saturated rings. The molecule has 6 aromatic rings. The molecule has 1 amide bonds. The van der Waals surface area contributed by atoms with Crippen LogP contribution in [0.15, 0.2) is 187 Å². The molecule has 0 radical (unpaired) electrons. The fourth-order valence-electron chi connectivity index (χ4n) is 10.1. The van der Waals surface area contributed by atoms with E-state index in [1.807, 2.05) is 91.0 Å². The van der Waals surface area contributed by atoms with Crippen LogP contribution >= 0.6 is 0 Å². The Hall–Kier alpha value is -8.05. The predicted molar refractivity (Wildman–Crippen MR) is 304 cm³/mol. The summed E-state index contributed by atoms with van der Waals surface area (Å²) in [6.45, 7) is 4.99. The molecule has 3 aliphatic heterocycles. The largest absolute Gasteiger partial charge is 0.455 e. The first kappa shape index (κ1) is 61.5. The lowest BCUT2D eigenvalue weighted by molar-refractivity contribution is -0.377. The minimum atomic E-state index is -1.62. The molecule has 1 N–H and O–H groups in total. The van der Waals surface area contributed by atoms with E-state index in [0.717, 1.165) is 16.7 Å². The number of hydrogen-bond donors (Lipinski definition) is 1. The van der Waals surface area contributed by atoms with Gasteiger partial charge in [-0.3, -0.25) is 0 Å². The van der Waals surface area contributed by atoms with Crippen LogP contribution in [0.5, 0.6) is 0 Å². The molecular weight excluding hydrogens is 1100 g/mol. The Morgan fingerprint density at radius 1 is 0.459 bits per heavy atom. The van der Waals surface area contributed by atoms with Gasteiger partial charge in [-0.25, -0.2) is 19.2 Å². The average Bonchev–Trinajstić information content (AvgIpc) is 2.38. The third-order valence-electron chi connectivity index (χ3n) is 14.4. The Labute approximate surface area is 492 Å². The number of nitrogens with zero attached hydrogens (tertiary/aromatic N) is 3. The van der Waals surface area contributed by atoms with Crippen LogP contribution in [0.4, 0.5) is 4.79 Å². The molecule has 15 atom stereocenters. The van der Waals surface area contributed by atoms with Crippen LogP contribution in [0.25, 0.3) is 10.4 Å². The van der Waals surface area contributed by atoms with Crippen LogP contribution < -0.4 is 5.32 Å². The first-order valence-corrected chi connectivity index (χ1v) is 28.0. The Kier molecular flexibility index (Phi) is 22.2. The van der Waals surface area contributed by atoms with E-state index in [0.29, 0.717) is 0 Å². The van der Waals surface area contributed by atoms with Gasteiger partial charge in [0.25, 0.3) is 0 Å². The highest BCUT2D eigenvalue weighted by Crippen LogP contribution is 2.39. The Bertz CT molecular complexity index is 3100. The Morgan fingerprint density at radius 2 is 0.835 bits per heavy atom. The summed E-state index contributed by atoms with van der Waals surface area (Å²) >= 11 is 0. The topological polar surface area (TPSA) is 249 Å². The first-order chi connectivity index (χ1) is 41.5. The highest BCUT2D eigenvalue weighted by atomic mass is 16.8. The number of alkyl carbamates (subject to hydrolysis) is 1. The van der Waals surface area contributed by atoms with Gasteiger partial charge in [-0.15, -0.1) is 0 Å². The van der Waals surface area contributed by atoms with Crippen LogP contribution in [-0.2, 0) is 81.4 Å². The minimum Gasteiger partial charge on any atom is -0.455 e. The molecule has 3 aliphatic rings. The normalized spacial score (nSPS) is 27.3. The molecule has 85 heavy (non-hydrogen) atoms. The van der Waals surface area contributed by atoms with Gasteiger partial charge in [0.15, 0.2) is 31.1 Å². The summed E-state index contributed by atoms with van der Waals surface area (Å²) in [5.41, 5.74) is 12.8. The fourth-order valence-corrected chi connectivity index (χ4v) is 10.1. The number of carbonyl (C=O) groups excluding carboxylic acids is 4. The Balaban J connectivity index is 1.10. The summed E-state index contributed by atoms with van der Waals surface area (Å²) in [4.78, 5) is 58.9. The number of carbonyl (C=O) groups is 4. The lowest BCUT2D eigenvalue weighted by Crippen LogP contribution is -2.67. The van der Waals surface area contributed by atoms with Crippen molar-refractivity contribution in [2.45, 2.75) is 133 Å². The predicted octanol–water partition coefficient (Wildman–Crippen LogP) is 9.48. The number of hydrogen-bond acceptors (Lipinski definition) is 18. The van der Waals surface area contributed by atoms with E-state index < -0.39 is 116 Å². The van der Waals surface area contributed by atoms with Crippen LogP contribution in [-0.4, -0.2) is 136 Å². The zero-order valence-electron chi connectivity index (χ0n) is 47.3. The van der Waals surface area contributed by atoms with E-state index in [1.54, 1.807) is 112 Å². The standard InChI is InChI=1S/C64H68N4O17/c1-40-49(67-68-65)52(81-58(69)46-29-17-8-18-30-46)55(73-4)62(78-40)84-54-51(76-38-44-25-13-6-14-26-44)42(3)80-63(57(54)83-60(71)48-33-21-10-22-34-48)85-53-50(75-37-43-23-11-5-12-24-43)41(2)79-61(56(53)82-59(70)47-31-19-9-20-32-47)74-36-35-66-64(72)77-39-45-27-15-7-16-28-45/h5-34,40-42,49-57,61-63H,35-39H2,1-4H3,(H,66,72)/t40-,41+,42+,49-,50+,51+,52+,53-,54-,55-,56-,57-,61-,62+,63+/m1/s1. The van der Waals surface area contributed by atoms with Gasteiger partial charge >= 0.3 is 24.0 Å². The molecule has 446 valence electrons. The van der Waals surface area contributed by atoms with Crippen molar-refractivity contribution in [1.29, 1.82) is 0 Å². The second-order valence-electron chi connectivity index (χ2n) is 20.3. The molecule has 9 rings (SSSR count). The minimum absolute atomic E-state index is 0.0266. The fraction of sp³-hybridized carbons (Fsp3) is 0.375. The molecular formula is C64H68N4O17. The van der Waals surface area contributed by atoms with Crippen molar-refractivity contribution in [2.24, 2.45) is 5.11 Å². The monoisotopic (exact) mass is 1160 g/mol. The Morgan fingerprint density at radius 3 is 1.27 bits per heavy atom. The average molecular weight is 1170 g/mol. The zero-order valence-corrected chi connectivity index (χ0v) is 47.3. The molecule has 3 heterocycles. The van der Waals surface area contributed by atoms with Crippen LogP contribution in [0, 0.1) is 0 Å². The van der Waals surface area contributed by atoms with E-state index in [1.165, 1.54) is 7.11 Å². The molecule has 21 heteroatoms. The third-order valence-corrected chi connectivity index (χ3v) is 14.4. The first-order valence-electron chi connectivity index (χ1n) is 28.0. The van der Waals surface area contributed by atoms with Gasteiger partial charge in [-0.05, 0) is 79.4 Å². The number of azide groups is 1. The van der Waals surface area contributed by atoms with Crippen molar-refractivity contribution in [3.05, 3.63) is 226 Å². The van der Waals surface area contributed by atoms with Crippen molar-refractivity contribution in [1.82, 2.24) is 5.32 Å². The van der Waals surface area contributed by atoms with Gasteiger partial charge in [-0.1, -0.05) is 151 Å². The molecule has 0 aliphatic carbocycles. The summed E-state index contributed by atoms with van der Waals surface area (Å²) in [6, 6.07) is 51.6. The van der Waals surface area contributed by atoms with Gasteiger partial charge in [0.1, 0.15) is 49.3 Å². The number of benzene rings is 6. The summed E-state index contributed by atoms with van der Waals surface area (Å²) in [5, 5.41) is 6.68. The quantitative estimate of drug-likeness (QED) is 0.0148. The maximum absolute atomic E-state index is 14.7. The molecule has 0 bridgehead atoms. The van der Waals surface area contributed by atoms with Gasteiger partial charge in [0.2, 0.25) is 0 Å². The number of rotatable bonds is 24. The van der Waals surface area contributed by atoms with Crippen LogP contribution in [0.3, 0.4) is 0 Å². The molecule has 21 nitrogen and oxygen atoms in total. The summed E-state index contributed by atoms with van der Waals surface area (Å²) in [7, 11) is 1.36. The summed E-state index contributed by atoms with van der Waals surface area (Å²) in [6.07, 6.45) is -18.5. The maximum atomic E-state index is 14.7. The highest BCUT2D eigenvalue weighted by Gasteiger charge is 2.57. The molecule has 0 spiro atoms. The number of esters is 3. The zero-order chi connectivity index (χ0) is 59.5. The van der Waals surface area contributed by atoms with Crippen LogP contribution in [0.2, 0.25) is 0 Å². The number of ether oxygens (including phenoxy) is 13. The van der Waals surface area contributed by atoms with E-state index >= 15 is 0 Å². The number of methoxy groups -OCH3 is 1. The van der Waals surface area contributed by atoms with Gasteiger partial charge in [-0.2, -0.15) is 0 Å². The van der Waals surface area contributed by atoms with Gasteiger partial charge in [0.05, 0.1) is 54.8 Å². The third kappa shape index (κ3) is 16.4. The molecule has 0 aromatic heterocycles. The van der Waals surface area contributed by atoms with Crippen molar-refractivity contribution in [2.75, 3.05) is 20.3 Å². The SMILES string of the molecule is CO[C@H]1[C@H](O[C@@H]2[C@@H](OCc3ccccc3)[C@H](C)O[C@@H](O[C@@H]3[C@@H](OCc4ccccc4)[C@H](C)O[C@@H](OCCNC(=O)OCc4ccccc4)[C@@H]3OC(=O)c3ccccc3)[C@@H]2OC(=O)c2ccccc2)O[C@H](C)[C@@H](N=[N+]=[N-])[C@@H]1OC(=O)c1ccccc1. The molecule has 0 saturated carbocycles. The number of nitrogens with one attached hydrogen (secondary N) is 1. The van der Waals surface area contributed by atoms with Gasteiger partial charge < -0.3 is 66.9 Å². The molecule has 0 unspecified atom stereocenters.